The van der Waals surface area contributed by atoms with Gasteiger partial charge in [-0.1, -0.05) is 31.4 Å². The van der Waals surface area contributed by atoms with Gasteiger partial charge in [-0.15, -0.1) is 0 Å². The third-order valence-corrected chi connectivity index (χ3v) is 7.38. The molecule has 0 aliphatic heterocycles. The fourth-order valence-corrected chi connectivity index (χ4v) is 5.09. The Morgan fingerprint density at radius 3 is 2.52 bits per heavy atom. The van der Waals surface area contributed by atoms with E-state index in [4.69, 9.17) is 5.14 Å². The zero-order chi connectivity index (χ0) is 22.8. The van der Waals surface area contributed by atoms with Gasteiger partial charge in [0.1, 0.15) is 0 Å². The van der Waals surface area contributed by atoms with Gasteiger partial charge in [-0.3, -0.25) is 4.79 Å². The minimum absolute atomic E-state index is 0.0448. The van der Waals surface area contributed by atoms with Crippen LogP contribution in [-0.2, 0) is 14.8 Å². The van der Waals surface area contributed by atoms with Crippen LogP contribution in [0.25, 0.3) is 6.08 Å². The molecule has 1 unspecified atom stereocenters. The van der Waals surface area contributed by atoms with Crippen LogP contribution in [0.15, 0.2) is 41.3 Å². The van der Waals surface area contributed by atoms with Crippen molar-refractivity contribution >= 4 is 22.0 Å². The van der Waals surface area contributed by atoms with Crippen LogP contribution in [0.4, 0.5) is 0 Å². The first-order valence-electron chi connectivity index (χ1n) is 10.9. The number of amides is 1. The van der Waals surface area contributed by atoms with Gasteiger partial charge in [0, 0.05) is 30.6 Å². The molecule has 1 saturated carbocycles. The van der Waals surface area contributed by atoms with Gasteiger partial charge in [-0.25, -0.2) is 13.6 Å². The zero-order valence-electron chi connectivity index (χ0n) is 18.8. The summed E-state index contributed by atoms with van der Waals surface area (Å²) in [5, 5.41) is 5.23. The molecule has 1 aliphatic carbocycles. The Morgan fingerprint density at radius 1 is 1.19 bits per heavy atom. The second-order valence-corrected chi connectivity index (χ2v) is 10.1. The molecule has 1 heterocycles. The van der Waals surface area contributed by atoms with Gasteiger partial charge in [0.05, 0.1) is 10.9 Å². The molecule has 31 heavy (non-hydrogen) atoms. The van der Waals surface area contributed by atoms with Gasteiger partial charge < -0.3 is 9.47 Å². The van der Waals surface area contributed by atoms with E-state index in [-0.39, 0.29) is 16.8 Å². The smallest absolute Gasteiger partial charge is 0.246 e. The number of hydrogen-bond donors (Lipinski definition) is 1. The topological polar surface area (TPSA) is 85.4 Å². The number of benzene rings is 1. The number of aryl methyl sites for hydroxylation is 1. The first-order valence-corrected chi connectivity index (χ1v) is 12.4. The number of likely N-dealkylation sites (N-methyl/N-ethyl adjacent to an activating group) is 1. The predicted octanol–water partition coefficient (Wildman–Crippen LogP) is 4.49. The number of aromatic nitrogens is 1. The summed E-state index contributed by atoms with van der Waals surface area (Å²) in [6.45, 7) is 6.12. The minimum atomic E-state index is -3.79. The van der Waals surface area contributed by atoms with Crippen LogP contribution >= 0.6 is 0 Å². The van der Waals surface area contributed by atoms with Crippen LogP contribution in [-0.4, -0.2) is 30.8 Å². The Kier molecular flexibility index (Phi) is 7.06. The molecule has 1 amide bonds. The van der Waals surface area contributed by atoms with E-state index in [0.29, 0.717) is 11.6 Å². The molecule has 0 spiro atoms. The minimum Gasteiger partial charge on any atom is -0.346 e. The highest BCUT2D eigenvalue weighted by Crippen LogP contribution is 2.32. The molecule has 1 aliphatic rings. The Balaban J connectivity index is 1.75. The van der Waals surface area contributed by atoms with E-state index >= 15 is 0 Å². The average Bonchev–Trinajstić information content (AvgIpc) is 3.04. The lowest BCUT2D eigenvalue weighted by Crippen LogP contribution is -2.28. The highest BCUT2D eigenvalue weighted by atomic mass is 32.2. The second kappa shape index (κ2) is 9.40. The molecule has 1 fully saturated rings. The van der Waals surface area contributed by atoms with Gasteiger partial charge in [0.15, 0.2) is 0 Å². The molecule has 168 valence electrons. The van der Waals surface area contributed by atoms with Crippen molar-refractivity contribution in [2.75, 3.05) is 7.05 Å². The first kappa shape index (κ1) is 23.3. The Hall–Kier alpha value is -2.38. The first-order chi connectivity index (χ1) is 14.6. The Labute approximate surface area is 185 Å². The summed E-state index contributed by atoms with van der Waals surface area (Å²) in [6.07, 6.45) is 9.79. The second-order valence-electron chi connectivity index (χ2n) is 8.56. The molecule has 0 saturated heterocycles. The van der Waals surface area contributed by atoms with Crippen LogP contribution in [0.2, 0.25) is 0 Å². The highest BCUT2D eigenvalue weighted by Gasteiger charge is 2.20. The van der Waals surface area contributed by atoms with Crippen LogP contribution in [0, 0.1) is 13.8 Å². The van der Waals surface area contributed by atoms with Crippen molar-refractivity contribution in [1.82, 2.24) is 9.47 Å². The predicted molar refractivity (Wildman–Crippen MR) is 124 cm³/mol. The van der Waals surface area contributed by atoms with E-state index in [0.717, 1.165) is 5.56 Å². The van der Waals surface area contributed by atoms with Crippen molar-refractivity contribution < 1.29 is 13.2 Å². The molecule has 6 nitrogen and oxygen atoms in total. The zero-order valence-corrected chi connectivity index (χ0v) is 19.7. The summed E-state index contributed by atoms with van der Waals surface area (Å²) in [4.78, 5) is 14.4. The van der Waals surface area contributed by atoms with E-state index in [1.54, 1.807) is 30.2 Å². The molecule has 0 radical (unpaired) electrons. The number of nitrogens with two attached hydrogens (primary N) is 1. The van der Waals surface area contributed by atoms with Crippen molar-refractivity contribution in [2.24, 2.45) is 5.14 Å². The molecule has 1 atom stereocenters. The van der Waals surface area contributed by atoms with E-state index in [2.05, 4.69) is 24.5 Å². The van der Waals surface area contributed by atoms with Gasteiger partial charge in [-0.2, -0.15) is 0 Å². The van der Waals surface area contributed by atoms with E-state index in [1.807, 2.05) is 13.0 Å². The van der Waals surface area contributed by atoms with Gasteiger partial charge in [0.2, 0.25) is 15.9 Å². The van der Waals surface area contributed by atoms with Crippen LogP contribution < -0.4 is 5.14 Å². The number of carbonyl (C=O) groups is 1. The fourth-order valence-electron chi connectivity index (χ4n) is 4.52. The van der Waals surface area contributed by atoms with Crippen molar-refractivity contribution in [1.29, 1.82) is 0 Å². The van der Waals surface area contributed by atoms with Crippen LogP contribution in [0.5, 0.6) is 0 Å². The van der Waals surface area contributed by atoms with E-state index < -0.39 is 10.0 Å². The summed E-state index contributed by atoms with van der Waals surface area (Å²) in [5.41, 5.74) is 4.21. The molecule has 7 heteroatoms. The summed E-state index contributed by atoms with van der Waals surface area (Å²) in [7, 11) is -2.07. The molecule has 0 bridgehead atoms. The summed E-state index contributed by atoms with van der Waals surface area (Å²) in [6, 6.07) is 8.81. The van der Waals surface area contributed by atoms with Gasteiger partial charge in [0.25, 0.3) is 0 Å². The maximum atomic E-state index is 12.8. The lowest BCUT2D eigenvalue weighted by atomic mass is 9.95. The number of carbonyl (C=O) groups excluding carboxylic acids is 1. The fraction of sp³-hybridized carbons (Fsp3) is 0.458. The average molecular weight is 444 g/mol. The summed E-state index contributed by atoms with van der Waals surface area (Å²) in [5.74, 6) is -0.143. The standard InChI is InChI=1S/C24H33N3O3S/c1-17-15-21(19(3)27(17)22-10-6-5-7-11-22)13-14-24(28)26(4)18(2)20-9-8-12-23(16-20)31(25,29)30/h8-9,12-16,18,22H,5-7,10-11H2,1-4H3,(H2,25,29,30)/b14-13+. The third-order valence-electron chi connectivity index (χ3n) is 6.47. The van der Waals surface area contributed by atoms with Crippen LogP contribution in [0.3, 0.4) is 0 Å². The molecular formula is C24H33N3O3S. The van der Waals surface area contributed by atoms with Crippen molar-refractivity contribution in [3.63, 3.8) is 0 Å². The summed E-state index contributed by atoms with van der Waals surface area (Å²) >= 11 is 0. The summed E-state index contributed by atoms with van der Waals surface area (Å²) < 4.78 is 25.7. The lowest BCUT2D eigenvalue weighted by Gasteiger charge is -2.26. The molecule has 2 N–H and O–H groups in total. The number of sulfonamides is 1. The van der Waals surface area contributed by atoms with E-state index in [1.165, 1.54) is 55.6 Å². The molecule has 3 rings (SSSR count). The van der Waals surface area contributed by atoms with Crippen molar-refractivity contribution in [3.05, 3.63) is 58.9 Å². The van der Waals surface area contributed by atoms with Gasteiger partial charge in [-0.05, 0) is 69.0 Å². The normalized spacial score (nSPS) is 16.5. The molecule has 1 aromatic heterocycles. The van der Waals surface area contributed by atoms with Gasteiger partial charge >= 0.3 is 0 Å². The maximum absolute atomic E-state index is 12.8. The van der Waals surface area contributed by atoms with Crippen molar-refractivity contribution in [2.45, 2.75) is 69.9 Å². The number of hydrogen-bond acceptors (Lipinski definition) is 3. The third kappa shape index (κ3) is 5.28. The molecular weight excluding hydrogens is 410 g/mol. The van der Waals surface area contributed by atoms with Crippen molar-refractivity contribution in [3.8, 4) is 0 Å². The largest absolute Gasteiger partial charge is 0.346 e. The number of rotatable bonds is 6. The quantitative estimate of drug-likeness (QED) is 0.668. The van der Waals surface area contributed by atoms with Crippen LogP contribution in [0.1, 0.15) is 73.6 Å². The number of primary sulfonamides is 1. The Bertz CT molecular complexity index is 1080. The molecule has 1 aromatic carbocycles. The highest BCUT2D eigenvalue weighted by molar-refractivity contribution is 7.89. The van der Waals surface area contributed by atoms with E-state index in [9.17, 15) is 13.2 Å². The maximum Gasteiger partial charge on any atom is 0.246 e. The number of nitrogens with zero attached hydrogens (tertiary/aromatic N) is 2. The monoisotopic (exact) mass is 443 g/mol. The SMILES string of the molecule is Cc1cc(/C=C/C(=O)N(C)C(C)c2cccc(S(N)(=O)=O)c2)c(C)n1C1CCCCC1. The Morgan fingerprint density at radius 2 is 1.87 bits per heavy atom. The lowest BCUT2D eigenvalue weighted by molar-refractivity contribution is -0.126. The molecule has 2 aromatic rings.